The first kappa shape index (κ1) is 23.0. The van der Waals surface area contributed by atoms with Crippen molar-refractivity contribution in [3.63, 3.8) is 0 Å². The lowest BCUT2D eigenvalue weighted by Crippen LogP contribution is -2.36. The van der Waals surface area contributed by atoms with E-state index >= 15 is 0 Å². The van der Waals surface area contributed by atoms with Crippen molar-refractivity contribution in [3.05, 3.63) is 47.5 Å². The van der Waals surface area contributed by atoms with Crippen LogP contribution in [0.2, 0.25) is 5.02 Å². The number of anilines is 2. The average Bonchev–Trinajstić information content (AvgIpc) is 2.70. The second kappa shape index (κ2) is 10.1. The van der Waals surface area contributed by atoms with E-state index in [0.29, 0.717) is 60.2 Å². The van der Waals surface area contributed by atoms with Crippen LogP contribution in [0.4, 0.5) is 15.9 Å². The van der Waals surface area contributed by atoms with Crippen LogP contribution in [0.15, 0.2) is 36.7 Å². The van der Waals surface area contributed by atoms with Crippen LogP contribution in [-0.2, 0) is 0 Å². The van der Waals surface area contributed by atoms with Gasteiger partial charge in [-0.1, -0.05) is 11.6 Å². The molecule has 166 valence electrons. The van der Waals surface area contributed by atoms with Gasteiger partial charge in [0.05, 0.1) is 22.7 Å². The Balaban J connectivity index is 1.84. The minimum Gasteiger partial charge on any atom is -0.490 e. The van der Waals surface area contributed by atoms with Crippen LogP contribution in [0.1, 0.15) is 20.8 Å². The van der Waals surface area contributed by atoms with E-state index in [1.54, 1.807) is 26.0 Å². The third-order valence-corrected chi connectivity index (χ3v) is 4.57. The molecule has 9 heteroatoms. The van der Waals surface area contributed by atoms with Crippen molar-refractivity contribution < 1.29 is 19.0 Å². The topological polar surface area (TPSA) is 88.5 Å². The molecular weight excluding hydrogens is 423 g/mol. The van der Waals surface area contributed by atoms with Crippen LogP contribution in [0.5, 0.6) is 11.5 Å². The predicted octanol–water partition coefficient (Wildman–Crippen LogP) is 4.30. The van der Waals surface area contributed by atoms with E-state index in [-0.39, 0.29) is 5.02 Å². The summed E-state index contributed by atoms with van der Waals surface area (Å²) in [5, 5.41) is 16.8. The Kier molecular flexibility index (Phi) is 7.48. The number of ether oxygens (including phenoxy) is 2. The minimum atomic E-state index is -0.791. The molecule has 1 heterocycles. The van der Waals surface area contributed by atoms with Crippen molar-refractivity contribution in [1.82, 2.24) is 15.3 Å². The lowest BCUT2D eigenvalue weighted by molar-refractivity contribution is 0.0788. The van der Waals surface area contributed by atoms with Crippen molar-refractivity contribution in [2.75, 3.05) is 31.6 Å². The summed E-state index contributed by atoms with van der Waals surface area (Å²) in [6, 6.07) is 7.96. The van der Waals surface area contributed by atoms with Gasteiger partial charge in [-0.05, 0) is 45.0 Å². The molecule has 2 aromatic carbocycles. The number of hydrogen-bond acceptors (Lipinski definition) is 7. The number of hydrogen-bond donors (Lipinski definition) is 3. The maximum Gasteiger partial charge on any atom is 0.163 e. The van der Waals surface area contributed by atoms with Gasteiger partial charge in [-0.15, -0.1) is 0 Å². The summed E-state index contributed by atoms with van der Waals surface area (Å²) in [5.41, 5.74) is 0.473. The van der Waals surface area contributed by atoms with Crippen molar-refractivity contribution >= 4 is 34.0 Å². The second-order valence-electron chi connectivity index (χ2n) is 7.56. The van der Waals surface area contributed by atoms with E-state index in [1.807, 2.05) is 13.0 Å². The second-order valence-corrected chi connectivity index (χ2v) is 7.97. The van der Waals surface area contributed by atoms with E-state index in [2.05, 4.69) is 20.6 Å². The van der Waals surface area contributed by atoms with Crippen molar-refractivity contribution in [3.8, 4) is 11.5 Å². The van der Waals surface area contributed by atoms with Crippen LogP contribution in [-0.4, -0.2) is 47.0 Å². The highest BCUT2D eigenvalue weighted by atomic mass is 35.5. The fourth-order valence-electron chi connectivity index (χ4n) is 2.88. The molecule has 3 N–H and O–H groups in total. The quantitative estimate of drug-likeness (QED) is 0.398. The third-order valence-electron chi connectivity index (χ3n) is 4.28. The summed E-state index contributed by atoms with van der Waals surface area (Å²) in [5.74, 6) is 1.16. The minimum absolute atomic E-state index is 0.0181. The summed E-state index contributed by atoms with van der Waals surface area (Å²) in [4.78, 5) is 8.64. The van der Waals surface area contributed by atoms with Gasteiger partial charge in [0.2, 0.25) is 0 Å². The van der Waals surface area contributed by atoms with Crippen LogP contribution in [0.3, 0.4) is 0 Å². The van der Waals surface area contributed by atoms with Crippen LogP contribution in [0.25, 0.3) is 10.9 Å². The maximum atomic E-state index is 13.5. The SMILES string of the molecule is CCOc1cc2ncnc(Nc3ccc(F)c(Cl)c3)c2cc1OCCNCC(C)(C)O. The number of halogens is 2. The average molecular weight is 449 g/mol. The molecule has 0 fully saturated rings. The Labute approximate surface area is 185 Å². The number of aromatic nitrogens is 2. The highest BCUT2D eigenvalue weighted by Gasteiger charge is 2.14. The normalized spacial score (nSPS) is 11.5. The zero-order valence-corrected chi connectivity index (χ0v) is 18.5. The molecule has 0 bridgehead atoms. The Hall–Kier alpha value is -2.68. The van der Waals surface area contributed by atoms with Gasteiger partial charge in [0.25, 0.3) is 0 Å². The lowest BCUT2D eigenvalue weighted by Gasteiger charge is -2.18. The fraction of sp³-hybridized carbons (Fsp3) is 0.364. The first-order valence-corrected chi connectivity index (χ1v) is 10.3. The van der Waals surface area contributed by atoms with Gasteiger partial charge in [0.15, 0.2) is 11.5 Å². The highest BCUT2D eigenvalue weighted by molar-refractivity contribution is 6.31. The molecule has 7 nitrogen and oxygen atoms in total. The molecule has 0 saturated heterocycles. The van der Waals surface area contributed by atoms with Gasteiger partial charge < -0.3 is 25.2 Å². The molecule has 1 aromatic heterocycles. The fourth-order valence-corrected chi connectivity index (χ4v) is 3.06. The summed E-state index contributed by atoms with van der Waals surface area (Å²) >= 11 is 5.88. The molecule has 3 aromatic rings. The van der Waals surface area contributed by atoms with Crippen molar-refractivity contribution in [2.45, 2.75) is 26.4 Å². The van der Waals surface area contributed by atoms with Crippen LogP contribution < -0.4 is 20.1 Å². The molecule has 31 heavy (non-hydrogen) atoms. The molecule has 0 saturated carbocycles. The zero-order valence-electron chi connectivity index (χ0n) is 17.7. The first-order chi connectivity index (χ1) is 14.8. The number of nitrogens with zero attached hydrogens (tertiary/aromatic N) is 2. The number of rotatable bonds is 10. The monoisotopic (exact) mass is 448 g/mol. The van der Waals surface area contributed by atoms with E-state index in [1.165, 1.54) is 18.5 Å². The molecule has 0 radical (unpaired) electrons. The molecule has 0 aliphatic rings. The predicted molar refractivity (Wildman–Crippen MR) is 120 cm³/mol. The van der Waals surface area contributed by atoms with E-state index in [4.69, 9.17) is 21.1 Å². The molecule has 0 amide bonds. The zero-order chi connectivity index (χ0) is 22.4. The summed E-state index contributed by atoms with van der Waals surface area (Å²) in [7, 11) is 0. The van der Waals surface area contributed by atoms with Crippen molar-refractivity contribution in [1.29, 1.82) is 0 Å². The number of fused-ring (bicyclic) bond motifs is 1. The van der Waals surface area contributed by atoms with Crippen LogP contribution >= 0.6 is 11.6 Å². The Morgan fingerprint density at radius 1 is 1.13 bits per heavy atom. The standard InChI is InChI=1S/C22H26ClFN4O3/c1-4-30-20-11-18-15(10-19(20)31-8-7-25-12-22(2,3)29)21(27-13-26-18)28-14-5-6-17(24)16(23)9-14/h5-6,9-11,13,25,29H,4,7-8,12H2,1-3H3,(H,26,27,28). The van der Waals surface area contributed by atoms with Gasteiger partial charge in [-0.3, -0.25) is 0 Å². The van der Waals surface area contributed by atoms with Gasteiger partial charge in [-0.25, -0.2) is 14.4 Å². The van der Waals surface area contributed by atoms with Crippen molar-refractivity contribution in [2.24, 2.45) is 0 Å². The van der Waals surface area contributed by atoms with E-state index < -0.39 is 11.4 Å². The molecule has 0 aliphatic heterocycles. The lowest BCUT2D eigenvalue weighted by atomic mass is 10.1. The molecular formula is C22H26ClFN4O3. The summed E-state index contributed by atoms with van der Waals surface area (Å²) in [6.45, 7) is 7.23. The Morgan fingerprint density at radius 3 is 2.61 bits per heavy atom. The molecule has 3 rings (SSSR count). The number of nitrogens with one attached hydrogen (secondary N) is 2. The highest BCUT2D eigenvalue weighted by Crippen LogP contribution is 2.35. The maximum absolute atomic E-state index is 13.5. The largest absolute Gasteiger partial charge is 0.490 e. The molecule has 0 unspecified atom stereocenters. The molecule has 0 atom stereocenters. The number of benzene rings is 2. The Bertz CT molecular complexity index is 1040. The summed E-state index contributed by atoms with van der Waals surface area (Å²) in [6.07, 6.45) is 1.44. The van der Waals surface area contributed by atoms with Gasteiger partial charge >= 0.3 is 0 Å². The van der Waals surface area contributed by atoms with Gasteiger partial charge in [0, 0.05) is 30.2 Å². The van der Waals surface area contributed by atoms with Gasteiger partial charge in [-0.2, -0.15) is 0 Å². The first-order valence-electron chi connectivity index (χ1n) is 9.96. The van der Waals surface area contributed by atoms with Gasteiger partial charge in [0.1, 0.15) is 24.6 Å². The number of aliphatic hydroxyl groups is 1. The van der Waals surface area contributed by atoms with Crippen LogP contribution in [0, 0.1) is 5.82 Å². The van der Waals surface area contributed by atoms with E-state index in [0.717, 1.165) is 0 Å². The Morgan fingerprint density at radius 2 is 1.90 bits per heavy atom. The van der Waals surface area contributed by atoms with E-state index in [9.17, 15) is 9.50 Å². The summed E-state index contributed by atoms with van der Waals surface area (Å²) < 4.78 is 25.1. The third kappa shape index (κ3) is 6.40. The molecule has 0 spiro atoms. The smallest absolute Gasteiger partial charge is 0.163 e. The molecule has 0 aliphatic carbocycles.